The van der Waals surface area contributed by atoms with Crippen molar-refractivity contribution >= 4 is 27.4 Å². The van der Waals surface area contributed by atoms with E-state index >= 15 is 0 Å². The van der Waals surface area contributed by atoms with Gasteiger partial charge in [0.05, 0.1) is 17.7 Å². The average Bonchev–Trinajstić information content (AvgIpc) is 3.08. The van der Waals surface area contributed by atoms with Crippen LogP contribution in [0.1, 0.15) is 62.3 Å². The molecule has 8 heteroatoms. The molecule has 0 aliphatic heterocycles. The molecular formula is C32H40N2O5S. The fraction of sp³-hybridized carbons (Fsp3) is 0.406. The van der Waals surface area contributed by atoms with Crippen molar-refractivity contribution in [2.75, 3.05) is 17.1 Å². The lowest BCUT2D eigenvalue weighted by atomic mass is 9.96. The maximum atomic E-state index is 13.3. The van der Waals surface area contributed by atoms with Crippen LogP contribution in [0.4, 0.5) is 11.4 Å². The molecule has 3 aromatic carbocycles. The van der Waals surface area contributed by atoms with Crippen molar-refractivity contribution in [2.24, 2.45) is 5.92 Å². The molecule has 0 bridgehead atoms. The van der Waals surface area contributed by atoms with Gasteiger partial charge in [0.15, 0.2) is 0 Å². The van der Waals surface area contributed by atoms with Gasteiger partial charge >= 0.3 is 5.97 Å². The van der Waals surface area contributed by atoms with E-state index in [-0.39, 0.29) is 16.8 Å². The van der Waals surface area contributed by atoms with Gasteiger partial charge in [-0.25, -0.2) is 8.42 Å². The van der Waals surface area contributed by atoms with Gasteiger partial charge in [-0.15, -0.1) is 0 Å². The normalized spacial score (nSPS) is 15.5. The van der Waals surface area contributed by atoms with Crippen molar-refractivity contribution in [3.8, 4) is 5.75 Å². The molecule has 0 spiro atoms. The number of hydrogen-bond donors (Lipinski definition) is 2. The van der Waals surface area contributed by atoms with Crippen LogP contribution < -0.4 is 14.8 Å². The molecule has 4 rings (SSSR count). The Bertz CT molecular complexity index is 1430. The Morgan fingerprint density at radius 2 is 1.57 bits per heavy atom. The smallest absolute Gasteiger partial charge is 0.306 e. The third-order valence-electron chi connectivity index (χ3n) is 7.07. The average molecular weight is 565 g/mol. The number of sulfonamides is 1. The van der Waals surface area contributed by atoms with Crippen LogP contribution >= 0.6 is 0 Å². The highest BCUT2D eigenvalue weighted by molar-refractivity contribution is 7.92. The Balaban J connectivity index is 1.43. The first-order chi connectivity index (χ1) is 18.9. The first-order valence-corrected chi connectivity index (χ1v) is 15.2. The van der Waals surface area contributed by atoms with Crippen LogP contribution in [0.5, 0.6) is 5.75 Å². The molecule has 0 heterocycles. The second-order valence-corrected chi connectivity index (χ2v) is 13.2. The van der Waals surface area contributed by atoms with Crippen molar-refractivity contribution in [3.05, 3.63) is 82.9 Å². The van der Waals surface area contributed by atoms with E-state index in [2.05, 4.69) is 10.0 Å². The molecule has 1 aliphatic carbocycles. The fourth-order valence-electron chi connectivity index (χ4n) is 4.93. The lowest BCUT2D eigenvalue weighted by Gasteiger charge is -2.21. The summed E-state index contributed by atoms with van der Waals surface area (Å²) in [6, 6.07) is 18.8. The highest BCUT2D eigenvalue weighted by Gasteiger charge is 2.25. The van der Waals surface area contributed by atoms with Crippen LogP contribution in [0.25, 0.3) is 0 Å². The van der Waals surface area contributed by atoms with Crippen LogP contribution in [-0.4, -0.2) is 27.1 Å². The van der Waals surface area contributed by atoms with E-state index in [0.717, 1.165) is 48.1 Å². The van der Waals surface area contributed by atoms with E-state index < -0.39 is 15.6 Å². The maximum absolute atomic E-state index is 13.3. The first-order valence-electron chi connectivity index (χ1n) is 13.8. The fourth-order valence-corrected chi connectivity index (χ4v) is 5.99. The number of carbonyl (C=O) groups excluding carboxylic acids is 1. The quantitative estimate of drug-likeness (QED) is 0.223. The molecule has 0 saturated heterocycles. The van der Waals surface area contributed by atoms with E-state index in [1.165, 1.54) is 12.7 Å². The standard InChI is InChI=1S/C32H40N2O5S/c1-22-6-14-27(15-7-22)33-21-24-10-16-28(17-11-24)40(36,37)34-29-19-25-12-8-23(18-31(35)39-32(2,3)4)9-13-26(25)20-30(29)38-5/h6-7,10-11,14-17,19-20,23,33-34H,8-9,12-13,18,21H2,1-5H3. The highest BCUT2D eigenvalue weighted by atomic mass is 32.2. The van der Waals surface area contributed by atoms with Gasteiger partial charge in [0, 0.05) is 18.7 Å². The lowest BCUT2D eigenvalue weighted by Crippen LogP contribution is -2.25. The van der Waals surface area contributed by atoms with E-state index in [9.17, 15) is 13.2 Å². The predicted molar refractivity (Wildman–Crippen MR) is 159 cm³/mol. The van der Waals surface area contributed by atoms with E-state index in [0.29, 0.717) is 24.4 Å². The van der Waals surface area contributed by atoms with Crippen LogP contribution in [-0.2, 0) is 38.9 Å². The van der Waals surface area contributed by atoms with Gasteiger partial charge in [-0.05, 0) is 112 Å². The van der Waals surface area contributed by atoms with Gasteiger partial charge < -0.3 is 14.8 Å². The van der Waals surface area contributed by atoms with Crippen molar-refractivity contribution in [3.63, 3.8) is 0 Å². The minimum atomic E-state index is -3.83. The molecule has 0 aromatic heterocycles. The van der Waals surface area contributed by atoms with Crippen LogP contribution in [0.3, 0.4) is 0 Å². The van der Waals surface area contributed by atoms with Gasteiger partial charge in [0.25, 0.3) is 10.0 Å². The molecule has 0 radical (unpaired) electrons. The van der Waals surface area contributed by atoms with Crippen molar-refractivity contribution in [2.45, 2.75) is 76.8 Å². The Morgan fingerprint density at radius 3 is 2.17 bits per heavy atom. The zero-order valence-electron chi connectivity index (χ0n) is 24.0. The molecule has 1 unspecified atom stereocenters. The first kappa shape index (κ1) is 29.5. The molecule has 1 aliphatic rings. The number of benzene rings is 3. The third kappa shape index (κ3) is 8.01. The van der Waals surface area contributed by atoms with Gasteiger partial charge in [0.1, 0.15) is 11.4 Å². The number of nitrogens with one attached hydrogen (secondary N) is 2. The molecule has 0 saturated carbocycles. The number of rotatable bonds is 9. The van der Waals surface area contributed by atoms with Crippen LogP contribution in [0.15, 0.2) is 65.6 Å². The van der Waals surface area contributed by atoms with Gasteiger partial charge in [-0.2, -0.15) is 0 Å². The summed E-state index contributed by atoms with van der Waals surface area (Å²) in [6.07, 6.45) is 3.64. The summed E-state index contributed by atoms with van der Waals surface area (Å²) in [6.45, 7) is 8.26. The van der Waals surface area contributed by atoms with E-state index in [4.69, 9.17) is 9.47 Å². The summed E-state index contributed by atoms with van der Waals surface area (Å²) in [4.78, 5) is 12.6. The minimum Gasteiger partial charge on any atom is -0.495 e. The van der Waals surface area contributed by atoms with Crippen molar-refractivity contribution < 1.29 is 22.7 Å². The number of esters is 1. The number of ether oxygens (including phenoxy) is 2. The molecule has 7 nitrogen and oxygen atoms in total. The minimum absolute atomic E-state index is 0.175. The number of hydrogen-bond acceptors (Lipinski definition) is 6. The zero-order chi connectivity index (χ0) is 28.9. The van der Waals surface area contributed by atoms with Gasteiger partial charge in [0.2, 0.25) is 0 Å². The summed E-state index contributed by atoms with van der Waals surface area (Å²) in [5.41, 5.74) is 5.29. The summed E-state index contributed by atoms with van der Waals surface area (Å²) in [5.74, 6) is 0.519. The summed E-state index contributed by atoms with van der Waals surface area (Å²) >= 11 is 0. The second-order valence-electron chi connectivity index (χ2n) is 11.5. The van der Waals surface area contributed by atoms with Crippen molar-refractivity contribution in [1.29, 1.82) is 0 Å². The van der Waals surface area contributed by atoms with E-state index in [1.807, 2.05) is 76.2 Å². The molecule has 3 aromatic rings. The number of aryl methyl sites for hydroxylation is 3. The highest BCUT2D eigenvalue weighted by Crippen LogP contribution is 2.35. The Morgan fingerprint density at radius 1 is 0.950 bits per heavy atom. The topological polar surface area (TPSA) is 93.7 Å². The third-order valence-corrected chi connectivity index (χ3v) is 8.45. The second kappa shape index (κ2) is 12.3. The SMILES string of the molecule is COc1cc2c(cc1NS(=O)(=O)c1ccc(CNc3ccc(C)cc3)cc1)CCC(CC(=O)OC(C)(C)C)CC2. The molecule has 214 valence electrons. The Labute approximate surface area is 238 Å². The summed E-state index contributed by atoms with van der Waals surface area (Å²) in [5, 5.41) is 3.35. The molecule has 1 atom stereocenters. The predicted octanol–water partition coefficient (Wildman–Crippen LogP) is 6.64. The summed E-state index contributed by atoms with van der Waals surface area (Å²) in [7, 11) is -2.29. The molecule has 40 heavy (non-hydrogen) atoms. The number of carbonyl (C=O) groups is 1. The molecule has 2 N–H and O–H groups in total. The van der Waals surface area contributed by atoms with Gasteiger partial charge in [-0.1, -0.05) is 29.8 Å². The van der Waals surface area contributed by atoms with Crippen LogP contribution in [0.2, 0.25) is 0 Å². The number of anilines is 2. The number of fused-ring (bicyclic) bond motifs is 1. The monoisotopic (exact) mass is 564 g/mol. The Kier molecular flexibility index (Phi) is 9.08. The zero-order valence-corrected chi connectivity index (χ0v) is 24.9. The largest absolute Gasteiger partial charge is 0.495 e. The summed E-state index contributed by atoms with van der Waals surface area (Å²) < 4.78 is 40.4. The van der Waals surface area contributed by atoms with Gasteiger partial charge in [-0.3, -0.25) is 9.52 Å². The maximum Gasteiger partial charge on any atom is 0.306 e. The molecule has 0 fully saturated rings. The Hall–Kier alpha value is -3.52. The van der Waals surface area contributed by atoms with E-state index in [1.54, 1.807) is 12.1 Å². The lowest BCUT2D eigenvalue weighted by molar-refractivity contribution is -0.156. The van der Waals surface area contributed by atoms with Crippen molar-refractivity contribution in [1.82, 2.24) is 0 Å². The molecular weight excluding hydrogens is 524 g/mol. The van der Waals surface area contributed by atoms with Crippen LogP contribution in [0, 0.1) is 12.8 Å². The number of methoxy groups -OCH3 is 1. The molecule has 0 amide bonds.